The molecular formula is C24H15F3N4O3. The molecule has 0 aliphatic rings. The topological polar surface area (TPSA) is 96.3 Å². The number of aromatic nitrogens is 1. The summed E-state index contributed by atoms with van der Waals surface area (Å²) < 4.78 is 52.2. The molecule has 4 aromatic rings. The maximum absolute atomic E-state index is 14.6. The van der Waals surface area contributed by atoms with Gasteiger partial charge in [-0.1, -0.05) is 0 Å². The second kappa shape index (κ2) is 9.38. The Morgan fingerprint density at radius 3 is 2.29 bits per heavy atom. The number of benzene rings is 3. The van der Waals surface area contributed by atoms with E-state index >= 15 is 0 Å². The molecule has 1 heterocycles. The van der Waals surface area contributed by atoms with Gasteiger partial charge in [-0.25, -0.2) is 18.0 Å². The minimum atomic E-state index is -0.971. The lowest BCUT2D eigenvalue weighted by molar-refractivity contribution is 0.262. The molecule has 1 aromatic heterocycles. The Hall–Kier alpha value is -4.78. The van der Waals surface area contributed by atoms with E-state index in [9.17, 15) is 23.2 Å². The van der Waals surface area contributed by atoms with Crippen molar-refractivity contribution in [2.75, 3.05) is 17.7 Å². The molecule has 2 amide bonds. The molecule has 2 N–H and O–H groups in total. The first-order chi connectivity index (χ1) is 16.4. The third-order valence-corrected chi connectivity index (χ3v) is 4.74. The zero-order chi connectivity index (χ0) is 24.2. The number of urea groups is 1. The van der Waals surface area contributed by atoms with Crippen molar-refractivity contribution in [1.29, 1.82) is 5.26 Å². The van der Waals surface area contributed by atoms with Crippen LogP contribution in [0.4, 0.5) is 29.3 Å². The van der Waals surface area contributed by atoms with Crippen LogP contribution in [0.3, 0.4) is 0 Å². The summed E-state index contributed by atoms with van der Waals surface area (Å²) >= 11 is 0. The van der Waals surface area contributed by atoms with E-state index in [4.69, 9.17) is 9.47 Å². The zero-order valence-corrected chi connectivity index (χ0v) is 17.5. The predicted octanol–water partition coefficient (Wildman–Crippen LogP) is 5.97. The largest absolute Gasteiger partial charge is 0.495 e. The number of carbonyl (C=O) groups is 1. The molecule has 0 aliphatic carbocycles. The number of ether oxygens (including phenoxy) is 2. The first-order valence-electron chi connectivity index (χ1n) is 9.75. The third kappa shape index (κ3) is 4.68. The Morgan fingerprint density at radius 2 is 1.65 bits per heavy atom. The van der Waals surface area contributed by atoms with E-state index in [0.717, 1.165) is 18.2 Å². The summed E-state index contributed by atoms with van der Waals surface area (Å²) in [7, 11) is 1.44. The molecule has 7 nitrogen and oxygen atoms in total. The molecule has 0 bridgehead atoms. The van der Waals surface area contributed by atoms with Crippen molar-refractivity contribution in [3.63, 3.8) is 0 Å². The van der Waals surface area contributed by atoms with Crippen LogP contribution in [-0.4, -0.2) is 18.1 Å². The molecule has 0 saturated heterocycles. The maximum Gasteiger partial charge on any atom is 0.323 e. The SMILES string of the molecule is COc1cc2nccc(Oc3ccc(NC(=O)Nc4ccc(F)cc4F)c(F)c3)c2cc1C#N. The molecule has 4 rings (SSSR count). The molecule has 0 atom stereocenters. The molecule has 34 heavy (non-hydrogen) atoms. The Balaban J connectivity index is 1.53. The first kappa shape index (κ1) is 22.4. The van der Waals surface area contributed by atoms with E-state index in [2.05, 4.69) is 15.6 Å². The molecule has 0 unspecified atom stereocenters. The predicted molar refractivity (Wildman–Crippen MR) is 118 cm³/mol. The van der Waals surface area contributed by atoms with Gasteiger partial charge in [0, 0.05) is 29.8 Å². The lowest BCUT2D eigenvalue weighted by Gasteiger charge is -2.12. The Morgan fingerprint density at radius 1 is 0.941 bits per heavy atom. The number of amides is 2. The summed E-state index contributed by atoms with van der Waals surface area (Å²) in [6.45, 7) is 0. The van der Waals surface area contributed by atoms with Gasteiger partial charge >= 0.3 is 6.03 Å². The van der Waals surface area contributed by atoms with Crippen LogP contribution in [0, 0.1) is 28.8 Å². The van der Waals surface area contributed by atoms with E-state index in [0.29, 0.717) is 28.5 Å². The average molecular weight is 464 g/mol. The van der Waals surface area contributed by atoms with Crippen molar-refractivity contribution in [2.45, 2.75) is 0 Å². The molecule has 0 fully saturated rings. The number of halogens is 3. The number of pyridine rings is 1. The van der Waals surface area contributed by atoms with Crippen LogP contribution in [0.25, 0.3) is 10.9 Å². The fraction of sp³-hybridized carbons (Fsp3) is 0.0417. The zero-order valence-electron chi connectivity index (χ0n) is 17.5. The fourth-order valence-electron chi connectivity index (χ4n) is 3.15. The number of carbonyl (C=O) groups excluding carboxylic acids is 1. The highest BCUT2D eigenvalue weighted by Crippen LogP contribution is 2.34. The van der Waals surface area contributed by atoms with Crippen molar-refractivity contribution in [1.82, 2.24) is 4.98 Å². The van der Waals surface area contributed by atoms with Crippen molar-refractivity contribution >= 4 is 28.3 Å². The van der Waals surface area contributed by atoms with Crippen molar-refractivity contribution in [2.24, 2.45) is 0 Å². The highest BCUT2D eigenvalue weighted by Gasteiger charge is 2.14. The van der Waals surface area contributed by atoms with Crippen LogP contribution in [0.1, 0.15) is 5.56 Å². The van der Waals surface area contributed by atoms with E-state index in [-0.39, 0.29) is 22.7 Å². The molecule has 170 valence electrons. The minimum absolute atomic E-state index is 0.120. The van der Waals surface area contributed by atoms with Gasteiger partial charge in [-0.2, -0.15) is 5.26 Å². The summed E-state index contributed by atoms with van der Waals surface area (Å²) in [5, 5.41) is 14.3. The summed E-state index contributed by atoms with van der Waals surface area (Å²) in [4.78, 5) is 16.3. The molecule has 0 saturated carbocycles. The molecule has 3 aromatic carbocycles. The van der Waals surface area contributed by atoms with Gasteiger partial charge in [0.15, 0.2) is 0 Å². The lowest BCUT2D eigenvalue weighted by atomic mass is 10.1. The van der Waals surface area contributed by atoms with Gasteiger partial charge in [0.1, 0.15) is 40.8 Å². The lowest BCUT2D eigenvalue weighted by Crippen LogP contribution is -2.20. The second-order valence-corrected chi connectivity index (χ2v) is 6.94. The van der Waals surface area contributed by atoms with E-state index in [1.54, 1.807) is 18.2 Å². The van der Waals surface area contributed by atoms with Crippen LogP contribution in [0.15, 0.2) is 60.8 Å². The fourth-order valence-corrected chi connectivity index (χ4v) is 3.15. The van der Waals surface area contributed by atoms with Gasteiger partial charge in [-0.15, -0.1) is 0 Å². The van der Waals surface area contributed by atoms with Gasteiger partial charge < -0.3 is 20.1 Å². The van der Waals surface area contributed by atoms with Crippen LogP contribution < -0.4 is 20.1 Å². The summed E-state index contributed by atoms with van der Waals surface area (Å²) in [6, 6.07) is 12.2. The minimum Gasteiger partial charge on any atom is -0.495 e. The number of nitrogens with zero attached hydrogens (tertiary/aromatic N) is 2. The smallest absolute Gasteiger partial charge is 0.323 e. The monoisotopic (exact) mass is 464 g/mol. The maximum atomic E-state index is 14.6. The highest BCUT2D eigenvalue weighted by molar-refractivity contribution is 6.00. The van der Waals surface area contributed by atoms with Gasteiger partial charge in [0.05, 0.1) is 29.6 Å². The molecule has 0 aliphatic heterocycles. The normalized spacial score (nSPS) is 10.4. The van der Waals surface area contributed by atoms with Gasteiger partial charge in [0.2, 0.25) is 0 Å². The standard InChI is InChI=1S/C24H15F3N4O3/c1-33-23-11-21-16(8-13(23)12-28)22(6-7-29-21)34-15-3-5-20(18(27)10-15)31-24(32)30-19-4-2-14(25)9-17(19)26/h2-11H,1H3,(H2,30,31,32). The molecule has 0 radical (unpaired) electrons. The number of fused-ring (bicyclic) bond motifs is 1. The quantitative estimate of drug-likeness (QED) is 0.379. The van der Waals surface area contributed by atoms with Crippen LogP contribution in [0.2, 0.25) is 0 Å². The number of nitriles is 1. The third-order valence-electron chi connectivity index (χ3n) is 4.74. The van der Waals surface area contributed by atoms with Crippen molar-refractivity contribution in [3.8, 4) is 23.3 Å². The summed E-state index contributed by atoms with van der Waals surface area (Å²) in [5.74, 6) is -1.77. The average Bonchev–Trinajstić information content (AvgIpc) is 2.82. The van der Waals surface area contributed by atoms with Crippen LogP contribution >= 0.6 is 0 Å². The second-order valence-electron chi connectivity index (χ2n) is 6.94. The molecule has 10 heteroatoms. The Labute approximate surface area is 191 Å². The number of methoxy groups -OCH3 is 1. The van der Waals surface area contributed by atoms with Crippen molar-refractivity contribution < 1.29 is 27.4 Å². The number of hydrogen-bond donors (Lipinski definition) is 2. The Bertz CT molecular complexity index is 1450. The number of anilines is 2. The van der Waals surface area contributed by atoms with Gasteiger partial charge in [0.25, 0.3) is 0 Å². The molecule has 0 spiro atoms. The first-order valence-corrected chi connectivity index (χ1v) is 9.75. The number of hydrogen-bond acceptors (Lipinski definition) is 5. The number of rotatable bonds is 5. The van der Waals surface area contributed by atoms with E-state index in [1.807, 2.05) is 6.07 Å². The van der Waals surface area contributed by atoms with E-state index in [1.165, 1.54) is 25.4 Å². The Kier molecular flexibility index (Phi) is 6.18. The van der Waals surface area contributed by atoms with Crippen molar-refractivity contribution in [3.05, 3.63) is 83.8 Å². The number of nitrogens with one attached hydrogen (secondary N) is 2. The summed E-state index contributed by atoms with van der Waals surface area (Å²) in [5.41, 5.74) is 0.333. The molecular weight excluding hydrogens is 449 g/mol. The van der Waals surface area contributed by atoms with Crippen LogP contribution in [-0.2, 0) is 0 Å². The van der Waals surface area contributed by atoms with E-state index < -0.39 is 23.5 Å². The summed E-state index contributed by atoms with van der Waals surface area (Å²) in [6.07, 6.45) is 1.49. The van der Waals surface area contributed by atoms with Gasteiger partial charge in [-0.3, -0.25) is 4.98 Å². The highest BCUT2D eigenvalue weighted by atomic mass is 19.1. The van der Waals surface area contributed by atoms with Gasteiger partial charge in [-0.05, 0) is 36.4 Å². The van der Waals surface area contributed by atoms with Crippen LogP contribution in [0.5, 0.6) is 17.2 Å².